The highest BCUT2D eigenvalue weighted by atomic mass is 35.5. The van der Waals surface area contributed by atoms with Crippen LogP contribution in [0.1, 0.15) is 51.8 Å². The van der Waals surface area contributed by atoms with Gasteiger partial charge in [0, 0.05) is 17.6 Å². The molecule has 9 heteroatoms. The first kappa shape index (κ1) is 21.5. The largest absolute Gasteiger partial charge is 0.472 e. The summed E-state index contributed by atoms with van der Waals surface area (Å²) >= 11 is 6.15. The van der Waals surface area contributed by atoms with Gasteiger partial charge in [-0.25, -0.2) is 14.2 Å². The van der Waals surface area contributed by atoms with Gasteiger partial charge in [-0.1, -0.05) is 11.6 Å². The number of nitrogens with zero attached hydrogens (tertiary/aromatic N) is 4. The lowest BCUT2D eigenvalue weighted by molar-refractivity contribution is 0.000956. The van der Waals surface area contributed by atoms with Crippen molar-refractivity contribution >= 4 is 34.3 Å². The number of carbonyl (C=O) groups is 1. The van der Waals surface area contributed by atoms with Crippen molar-refractivity contribution in [3.8, 4) is 5.88 Å². The van der Waals surface area contributed by atoms with E-state index in [4.69, 9.17) is 26.1 Å². The van der Waals surface area contributed by atoms with Crippen LogP contribution < -0.4 is 9.64 Å². The van der Waals surface area contributed by atoms with Crippen LogP contribution in [0.2, 0.25) is 5.15 Å². The zero-order chi connectivity index (χ0) is 23.1. The van der Waals surface area contributed by atoms with E-state index in [1.165, 1.54) is 0 Å². The Morgan fingerprint density at radius 1 is 1.22 bits per heavy atom. The van der Waals surface area contributed by atoms with Crippen LogP contribution in [-0.2, 0) is 4.74 Å². The maximum Gasteiger partial charge on any atom is 0.410 e. The number of aromatic nitrogens is 2. The molecule has 2 saturated heterocycles. The number of halogens is 2. The second kappa shape index (κ2) is 7.07. The van der Waals surface area contributed by atoms with Crippen LogP contribution in [0.15, 0.2) is 0 Å². The Balaban J connectivity index is 1.66. The second-order valence-electron chi connectivity index (χ2n) is 10.1. The van der Waals surface area contributed by atoms with Crippen LogP contribution in [0, 0.1) is 19.7 Å². The molecule has 172 valence electrons. The SMILES string of the molecule is Cc1nc2c3c(nc(Cl)c(F)c3c1C)O[C@@H](C)[C@@H]1[C@@H]3CC[C@H](CN21)N3C(=O)OC(C)(C)C. The average molecular weight is 463 g/mol. The van der Waals surface area contributed by atoms with Crippen molar-refractivity contribution in [3.63, 3.8) is 0 Å². The predicted octanol–water partition coefficient (Wildman–Crippen LogP) is 4.78. The lowest BCUT2D eigenvalue weighted by Gasteiger charge is -2.48. The van der Waals surface area contributed by atoms with E-state index >= 15 is 4.39 Å². The van der Waals surface area contributed by atoms with Gasteiger partial charge in [0.15, 0.2) is 11.0 Å². The molecule has 2 fully saturated rings. The van der Waals surface area contributed by atoms with Crippen molar-refractivity contribution in [2.75, 3.05) is 11.4 Å². The summed E-state index contributed by atoms with van der Waals surface area (Å²) in [5.41, 5.74) is 0.877. The van der Waals surface area contributed by atoms with Gasteiger partial charge in [0.25, 0.3) is 0 Å². The van der Waals surface area contributed by atoms with Crippen molar-refractivity contribution in [2.45, 2.75) is 84.2 Å². The second-order valence-corrected chi connectivity index (χ2v) is 10.4. The zero-order valence-corrected chi connectivity index (χ0v) is 20.0. The standard InChI is InChI=1S/C23H28ClFN4O3/c1-10-11(2)26-20-16-15(10)17(25)19(24)27-21(16)31-12(3)18-14-8-7-13(9-28(18)20)29(14)22(30)32-23(4,5)6/h12-14,18H,7-9H2,1-6H3/t12-,13+,14-,18+/m0/s1. The predicted molar refractivity (Wildman–Crippen MR) is 120 cm³/mol. The van der Waals surface area contributed by atoms with Crippen molar-refractivity contribution < 1.29 is 18.7 Å². The summed E-state index contributed by atoms with van der Waals surface area (Å²) in [5, 5.41) is 0.739. The number of carbonyl (C=O) groups excluding carboxylic acids is 1. The monoisotopic (exact) mass is 462 g/mol. The van der Waals surface area contributed by atoms with Crippen LogP contribution >= 0.6 is 11.6 Å². The average Bonchev–Trinajstić information content (AvgIpc) is 2.94. The van der Waals surface area contributed by atoms with Gasteiger partial charge in [-0.15, -0.1) is 0 Å². The third kappa shape index (κ3) is 3.10. The molecule has 0 aromatic carbocycles. The van der Waals surface area contributed by atoms with E-state index in [0.717, 1.165) is 24.1 Å². The zero-order valence-electron chi connectivity index (χ0n) is 19.2. The van der Waals surface area contributed by atoms with E-state index in [2.05, 4.69) is 9.88 Å². The number of hydrogen-bond donors (Lipinski definition) is 0. The van der Waals surface area contributed by atoms with Crippen molar-refractivity contribution in [1.29, 1.82) is 0 Å². The van der Waals surface area contributed by atoms with Gasteiger partial charge in [-0.2, -0.15) is 4.98 Å². The molecule has 0 N–H and O–H groups in total. The number of ether oxygens (including phenoxy) is 2. The molecular weight excluding hydrogens is 435 g/mol. The summed E-state index contributed by atoms with van der Waals surface area (Å²) in [4.78, 5) is 26.3. The summed E-state index contributed by atoms with van der Waals surface area (Å²) < 4.78 is 27.1. The molecule has 0 radical (unpaired) electrons. The van der Waals surface area contributed by atoms with Crippen LogP contribution in [0.3, 0.4) is 0 Å². The lowest BCUT2D eigenvalue weighted by Crippen LogP contribution is -2.65. The fourth-order valence-electron chi connectivity index (χ4n) is 5.47. The van der Waals surface area contributed by atoms with E-state index in [1.807, 2.05) is 46.4 Å². The number of anilines is 1. The molecule has 0 aliphatic carbocycles. The molecule has 7 nitrogen and oxygen atoms in total. The lowest BCUT2D eigenvalue weighted by atomic mass is 9.97. The molecule has 2 bridgehead atoms. The molecule has 3 aliphatic rings. The third-order valence-electron chi connectivity index (χ3n) is 6.84. The topological polar surface area (TPSA) is 67.8 Å². The number of aryl methyl sites for hydroxylation is 2. The van der Waals surface area contributed by atoms with Gasteiger partial charge in [-0.3, -0.25) is 4.90 Å². The summed E-state index contributed by atoms with van der Waals surface area (Å²) in [6, 6.07) is -0.287. The Kier molecular flexibility index (Phi) is 4.75. The van der Waals surface area contributed by atoms with Gasteiger partial charge in [0.05, 0.1) is 23.5 Å². The van der Waals surface area contributed by atoms with Crippen molar-refractivity contribution in [2.24, 2.45) is 0 Å². The highest BCUT2D eigenvalue weighted by Crippen LogP contribution is 2.46. The number of rotatable bonds is 0. The molecule has 4 atom stereocenters. The molecule has 0 spiro atoms. The summed E-state index contributed by atoms with van der Waals surface area (Å²) in [6.07, 6.45) is 1.09. The van der Waals surface area contributed by atoms with Crippen LogP contribution in [0.5, 0.6) is 5.88 Å². The van der Waals surface area contributed by atoms with E-state index in [1.54, 1.807) is 0 Å². The maximum atomic E-state index is 15.1. The number of amides is 1. The minimum Gasteiger partial charge on any atom is -0.472 e. The molecular formula is C23H28ClFN4O3. The quantitative estimate of drug-likeness (QED) is 0.525. The Morgan fingerprint density at radius 3 is 2.62 bits per heavy atom. The number of fused-ring (bicyclic) bond motifs is 5. The molecule has 2 aromatic heterocycles. The van der Waals surface area contributed by atoms with E-state index in [-0.39, 0.29) is 35.5 Å². The molecule has 32 heavy (non-hydrogen) atoms. The minimum atomic E-state index is -0.574. The van der Waals surface area contributed by atoms with E-state index in [0.29, 0.717) is 29.0 Å². The Bertz CT molecular complexity index is 1130. The van der Waals surface area contributed by atoms with Crippen LogP contribution in [-0.4, -0.2) is 57.3 Å². The van der Waals surface area contributed by atoms with Gasteiger partial charge < -0.3 is 14.4 Å². The third-order valence-corrected chi connectivity index (χ3v) is 7.09. The molecule has 3 aliphatic heterocycles. The molecule has 0 saturated carbocycles. The number of piperazine rings is 1. The molecule has 5 heterocycles. The highest BCUT2D eigenvalue weighted by molar-refractivity contribution is 6.30. The van der Waals surface area contributed by atoms with Crippen molar-refractivity contribution in [3.05, 3.63) is 22.2 Å². The Morgan fingerprint density at radius 2 is 1.94 bits per heavy atom. The van der Waals surface area contributed by atoms with E-state index < -0.39 is 11.4 Å². The normalized spacial score (nSPS) is 26.6. The first-order chi connectivity index (χ1) is 15.0. The highest BCUT2D eigenvalue weighted by Gasteiger charge is 2.53. The van der Waals surface area contributed by atoms with Gasteiger partial charge in [0.1, 0.15) is 17.5 Å². The maximum absolute atomic E-state index is 15.1. The molecule has 1 amide bonds. The minimum absolute atomic E-state index is 0.0107. The van der Waals surface area contributed by atoms with Gasteiger partial charge in [0.2, 0.25) is 5.88 Å². The number of pyridine rings is 2. The van der Waals surface area contributed by atoms with Gasteiger partial charge in [-0.05, 0) is 59.9 Å². The summed E-state index contributed by atoms with van der Waals surface area (Å²) in [7, 11) is 0. The van der Waals surface area contributed by atoms with Crippen LogP contribution in [0.25, 0.3) is 10.8 Å². The number of hydrogen-bond acceptors (Lipinski definition) is 6. The first-order valence-electron chi connectivity index (χ1n) is 11.1. The fraction of sp³-hybridized carbons (Fsp3) is 0.609. The Labute approximate surface area is 191 Å². The van der Waals surface area contributed by atoms with Gasteiger partial charge >= 0.3 is 6.09 Å². The fourth-order valence-corrected chi connectivity index (χ4v) is 5.64. The smallest absolute Gasteiger partial charge is 0.410 e. The summed E-state index contributed by atoms with van der Waals surface area (Å²) in [5.74, 6) is 0.384. The molecule has 0 unspecified atom stereocenters. The first-order valence-corrected chi connectivity index (χ1v) is 11.5. The Hall–Kier alpha value is -2.35. The molecule has 5 rings (SSSR count). The summed E-state index contributed by atoms with van der Waals surface area (Å²) in [6.45, 7) is 11.8. The van der Waals surface area contributed by atoms with E-state index in [9.17, 15) is 4.79 Å². The van der Waals surface area contributed by atoms with Crippen molar-refractivity contribution in [1.82, 2.24) is 14.9 Å². The van der Waals surface area contributed by atoms with Crippen LogP contribution in [0.4, 0.5) is 15.0 Å². The molecule has 2 aromatic rings.